The molecular weight excluding hydrogens is 258 g/mol. The van der Waals surface area contributed by atoms with Crippen LogP contribution in [0.4, 0.5) is 0 Å². The smallest absolute Gasteiger partial charge is 0.161 e. The standard InChI is InChI=1S/C13H25N5O2/c1-17(2)5-6-18-13(11(19-3)8-15-18)12(16-14)10-4-7-20-9-10/h8,10,12,16H,4-7,9,14H2,1-3H3. The van der Waals surface area contributed by atoms with E-state index in [0.717, 1.165) is 44.2 Å². The molecule has 0 bridgehead atoms. The second-order valence-electron chi connectivity index (χ2n) is 5.39. The zero-order valence-electron chi connectivity index (χ0n) is 12.5. The van der Waals surface area contributed by atoms with Crippen molar-refractivity contribution in [3.8, 4) is 5.75 Å². The zero-order chi connectivity index (χ0) is 14.5. The predicted molar refractivity (Wildman–Crippen MR) is 76.3 cm³/mol. The first-order valence-corrected chi connectivity index (χ1v) is 6.95. The molecule has 0 spiro atoms. The molecule has 1 fully saturated rings. The molecule has 1 aliphatic heterocycles. The Morgan fingerprint density at radius 2 is 2.45 bits per heavy atom. The van der Waals surface area contributed by atoms with Gasteiger partial charge in [0.05, 0.1) is 38.2 Å². The van der Waals surface area contributed by atoms with Gasteiger partial charge in [-0.2, -0.15) is 5.10 Å². The van der Waals surface area contributed by atoms with Crippen LogP contribution in [0, 0.1) is 5.92 Å². The minimum Gasteiger partial charge on any atom is -0.493 e. The van der Waals surface area contributed by atoms with Crippen molar-refractivity contribution in [2.75, 3.05) is 41.0 Å². The van der Waals surface area contributed by atoms with Crippen molar-refractivity contribution in [3.63, 3.8) is 0 Å². The van der Waals surface area contributed by atoms with Crippen molar-refractivity contribution >= 4 is 0 Å². The Labute approximate surface area is 120 Å². The highest BCUT2D eigenvalue weighted by molar-refractivity contribution is 5.29. The third-order valence-electron chi connectivity index (χ3n) is 3.73. The minimum absolute atomic E-state index is 0.00267. The number of nitrogens with one attached hydrogen (secondary N) is 1. The van der Waals surface area contributed by atoms with Crippen molar-refractivity contribution in [3.05, 3.63) is 11.9 Å². The minimum atomic E-state index is -0.00267. The van der Waals surface area contributed by atoms with Gasteiger partial charge in [0.1, 0.15) is 0 Å². The van der Waals surface area contributed by atoms with Gasteiger partial charge in [-0.15, -0.1) is 0 Å². The average Bonchev–Trinajstić information content (AvgIpc) is 3.07. The maximum Gasteiger partial charge on any atom is 0.161 e. The molecule has 1 aromatic rings. The molecule has 7 heteroatoms. The van der Waals surface area contributed by atoms with Crippen LogP contribution < -0.4 is 16.0 Å². The van der Waals surface area contributed by atoms with E-state index in [4.69, 9.17) is 15.3 Å². The van der Waals surface area contributed by atoms with E-state index in [-0.39, 0.29) is 6.04 Å². The van der Waals surface area contributed by atoms with Crippen molar-refractivity contribution in [2.24, 2.45) is 11.8 Å². The van der Waals surface area contributed by atoms with E-state index >= 15 is 0 Å². The molecule has 0 amide bonds. The number of methoxy groups -OCH3 is 1. The first kappa shape index (κ1) is 15.2. The number of rotatable bonds is 7. The number of likely N-dealkylation sites (N-methyl/N-ethyl adjacent to an activating group) is 1. The van der Waals surface area contributed by atoms with Gasteiger partial charge in [0, 0.05) is 19.1 Å². The summed E-state index contributed by atoms with van der Waals surface area (Å²) < 4.78 is 12.9. The Kier molecular flexibility index (Phi) is 5.36. The molecule has 0 radical (unpaired) electrons. The maximum atomic E-state index is 5.78. The molecule has 0 saturated carbocycles. The van der Waals surface area contributed by atoms with Crippen LogP contribution in [-0.2, 0) is 11.3 Å². The highest BCUT2D eigenvalue weighted by Crippen LogP contribution is 2.33. The lowest BCUT2D eigenvalue weighted by Crippen LogP contribution is -2.36. The maximum absolute atomic E-state index is 5.78. The third kappa shape index (κ3) is 3.29. The monoisotopic (exact) mass is 283 g/mol. The van der Waals surface area contributed by atoms with E-state index in [1.165, 1.54) is 0 Å². The first-order chi connectivity index (χ1) is 9.67. The van der Waals surface area contributed by atoms with Crippen LogP contribution in [0.15, 0.2) is 6.20 Å². The summed E-state index contributed by atoms with van der Waals surface area (Å²) in [5, 5.41) is 4.43. The molecule has 1 aromatic heterocycles. The fraction of sp³-hybridized carbons (Fsp3) is 0.769. The van der Waals surface area contributed by atoms with Gasteiger partial charge in [0.2, 0.25) is 0 Å². The lowest BCUT2D eigenvalue weighted by Gasteiger charge is -2.24. The normalized spacial score (nSPS) is 20.6. The summed E-state index contributed by atoms with van der Waals surface area (Å²) in [5.41, 5.74) is 3.92. The molecular formula is C13H25N5O2. The summed E-state index contributed by atoms with van der Waals surface area (Å²) in [6, 6.07) is -0.00267. The van der Waals surface area contributed by atoms with Crippen LogP contribution in [0.2, 0.25) is 0 Å². The van der Waals surface area contributed by atoms with E-state index in [9.17, 15) is 0 Å². The van der Waals surface area contributed by atoms with E-state index in [2.05, 4.69) is 15.4 Å². The number of nitrogens with two attached hydrogens (primary N) is 1. The van der Waals surface area contributed by atoms with Gasteiger partial charge in [-0.25, -0.2) is 0 Å². The van der Waals surface area contributed by atoms with Crippen molar-refractivity contribution in [2.45, 2.75) is 19.0 Å². The molecule has 1 saturated heterocycles. The lowest BCUT2D eigenvalue weighted by molar-refractivity contribution is 0.174. The Bertz CT molecular complexity index is 415. The van der Waals surface area contributed by atoms with E-state index in [1.807, 2.05) is 18.8 Å². The molecule has 20 heavy (non-hydrogen) atoms. The summed E-state index contributed by atoms with van der Waals surface area (Å²) in [7, 11) is 5.75. The van der Waals surface area contributed by atoms with Gasteiger partial charge < -0.3 is 14.4 Å². The highest BCUT2D eigenvalue weighted by Gasteiger charge is 2.31. The van der Waals surface area contributed by atoms with E-state index in [1.54, 1.807) is 13.3 Å². The largest absolute Gasteiger partial charge is 0.493 e. The molecule has 2 rings (SSSR count). The predicted octanol–water partition coefficient (Wildman–Crippen LogP) is -0.00580. The number of hydrazine groups is 1. The summed E-state index contributed by atoms with van der Waals surface area (Å²) in [6.45, 7) is 3.22. The lowest BCUT2D eigenvalue weighted by atomic mass is 9.96. The number of ether oxygens (including phenoxy) is 2. The second-order valence-corrected chi connectivity index (χ2v) is 5.39. The highest BCUT2D eigenvalue weighted by atomic mass is 16.5. The number of nitrogens with zero attached hydrogens (tertiary/aromatic N) is 3. The molecule has 1 aliphatic rings. The Morgan fingerprint density at radius 3 is 3.00 bits per heavy atom. The van der Waals surface area contributed by atoms with Gasteiger partial charge in [0.25, 0.3) is 0 Å². The Balaban J connectivity index is 2.23. The van der Waals surface area contributed by atoms with Crippen LogP contribution in [0.1, 0.15) is 18.2 Å². The molecule has 0 aliphatic carbocycles. The third-order valence-corrected chi connectivity index (χ3v) is 3.73. The summed E-state index contributed by atoms with van der Waals surface area (Å²) in [6.07, 6.45) is 2.75. The summed E-state index contributed by atoms with van der Waals surface area (Å²) >= 11 is 0. The van der Waals surface area contributed by atoms with Gasteiger partial charge in [-0.3, -0.25) is 16.0 Å². The fourth-order valence-electron chi connectivity index (χ4n) is 2.58. The summed E-state index contributed by atoms with van der Waals surface area (Å²) in [5.74, 6) is 6.91. The molecule has 114 valence electrons. The van der Waals surface area contributed by atoms with Crippen LogP contribution in [-0.4, -0.2) is 55.6 Å². The van der Waals surface area contributed by atoms with Crippen molar-refractivity contribution in [1.82, 2.24) is 20.1 Å². The summed E-state index contributed by atoms with van der Waals surface area (Å²) in [4.78, 5) is 2.13. The SMILES string of the molecule is COc1cnn(CCN(C)C)c1C(NN)C1CCOC1. The van der Waals surface area contributed by atoms with Gasteiger partial charge in [-0.1, -0.05) is 0 Å². The molecule has 3 N–H and O–H groups in total. The van der Waals surface area contributed by atoms with Crippen molar-refractivity contribution < 1.29 is 9.47 Å². The number of hydrogen-bond donors (Lipinski definition) is 2. The fourth-order valence-corrected chi connectivity index (χ4v) is 2.58. The van der Waals surface area contributed by atoms with E-state index < -0.39 is 0 Å². The molecule has 2 heterocycles. The van der Waals surface area contributed by atoms with Gasteiger partial charge in [0.15, 0.2) is 5.75 Å². The van der Waals surface area contributed by atoms with E-state index in [0.29, 0.717) is 5.92 Å². The van der Waals surface area contributed by atoms with Crippen LogP contribution >= 0.6 is 0 Å². The van der Waals surface area contributed by atoms with Gasteiger partial charge in [-0.05, 0) is 20.5 Å². The zero-order valence-corrected chi connectivity index (χ0v) is 12.5. The molecule has 0 aromatic carbocycles. The Hall–Kier alpha value is -1.15. The van der Waals surface area contributed by atoms with Gasteiger partial charge >= 0.3 is 0 Å². The molecule has 2 unspecified atom stereocenters. The molecule has 2 atom stereocenters. The number of hydrogen-bond acceptors (Lipinski definition) is 6. The number of aromatic nitrogens is 2. The van der Waals surface area contributed by atoms with Crippen LogP contribution in [0.3, 0.4) is 0 Å². The van der Waals surface area contributed by atoms with Crippen molar-refractivity contribution in [1.29, 1.82) is 0 Å². The topological polar surface area (TPSA) is 77.6 Å². The quantitative estimate of drug-likeness (QED) is 0.541. The first-order valence-electron chi connectivity index (χ1n) is 6.95. The Morgan fingerprint density at radius 1 is 1.65 bits per heavy atom. The molecule has 7 nitrogen and oxygen atoms in total. The average molecular weight is 283 g/mol. The second kappa shape index (κ2) is 7.03. The van der Waals surface area contributed by atoms with Crippen LogP contribution in [0.25, 0.3) is 0 Å². The van der Waals surface area contributed by atoms with Crippen LogP contribution in [0.5, 0.6) is 5.75 Å².